The Kier molecular flexibility index (Phi) is 8.47. The van der Waals surface area contributed by atoms with Gasteiger partial charge < -0.3 is 10.2 Å². The van der Waals surface area contributed by atoms with E-state index in [-0.39, 0.29) is 12.1 Å². The predicted octanol–water partition coefficient (Wildman–Crippen LogP) is 3.54. The van der Waals surface area contributed by atoms with Crippen molar-refractivity contribution in [3.8, 4) is 0 Å². The molecule has 2 amide bonds. The summed E-state index contributed by atoms with van der Waals surface area (Å²) in [5, 5.41) is 2.83. The Bertz CT molecular complexity index is 1160. The molecule has 0 fully saturated rings. The van der Waals surface area contributed by atoms with E-state index in [1.165, 1.54) is 23.1 Å². The summed E-state index contributed by atoms with van der Waals surface area (Å²) in [4.78, 5) is 27.6. The van der Waals surface area contributed by atoms with E-state index in [9.17, 15) is 22.4 Å². The molecule has 0 aliphatic carbocycles. The molecule has 1 N–H and O–H groups in total. The average molecular weight is 492 g/mol. The van der Waals surface area contributed by atoms with Crippen molar-refractivity contribution in [2.75, 3.05) is 17.1 Å². The van der Waals surface area contributed by atoms with E-state index >= 15 is 0 Å². The van der Waals surface area contributed by atoms with Crippen LogP contribution >= 0.6 is 0 Å². The third-order valence-electron chi connectivity index (χ3n) is 5.28. The summed E-state index contributed by atoms with van der Waals surface area (Å²) < 4.78 is 40.8. The summed E-state index contributed by atoms with van der Waals surface area (Å²) in [6.45, 7) is 9.86. The van der Waals surface area contributed by atoms with Crippen molar-refractivity contribution in [1.82, 2.24) is 10.2 Å². The van der Waals surface area contributed by atoms with Gasteiger partial charge in [-0.1, -0.05) is 30.3 Å². The van der Waals surface area contributed by atoms with Gasteiger partial charge in [-0.05, 0) is 64.8 Å². The molecule has 9 heteroatoms. The minimum absolute atomic E-state index is 0.186. The molecule has 2 aromatic rings. The molecule has 7 nitrogen and oxygen atoms in total. The lowest BCUT2D eigenvalue weighted by atomic mass is 10.1. The Morgan fingerprint density at radius 1 is 1.09 bits per heavy atom. The minimum atomic E-state index is -3.83. The molecule has 0 saturated carbocycles. The van der Waals surface area contributed by atoms with Crippen LogP contribution in [0.3, 0.4) is 0 Å². The number of hydrogen-bond donors (Lipinski definition) is 1. The van der Waals surface area contributed by atoms with E-state index in [2.05, 4.69) is 5.32 Å². The van der Waals surface area contributed by atoms with E-state index in [4.69, 9.17) is 0 Å². The lowest BCUT2D eigenvalue weighted by Crippen LogP contribution is -2.54. The largest absolute Gasteiger partial charge is 0.350 e. The van der Waals surface area contributed by atoms with Gasteiger partial charge in [0.05, 0.1) is 11.9 Å². The summed E-state index contributed by atoms with van der Waals surface area (Å²) in [6, 6.07) is 10.3. The van der Waals surface area contributed by atoms with Gasteiger partial charge in [-0.25, -0.2) is 12.8 Å². The van der Waals surface area contributed by atoms with Gasteiger partial charge in [0.15, 0.2) is 0 Å². The van der Waals surface area contributed by atoms with Gasteiger partial charge in [0.2, 0.25) is 21.8 Å². The normalized spacial score (nSPS) is 12.7. The summed E-state index contributed by atoms with van der Waals surface area (Å²) in [6.07, 6.45) is 1.03. The van der Waals surface area contributed by atoms with Gasteiger partial charge in [-0.15, -0.1) is 0 Å². The maximum Gasteiger partial charge on any atom is 0.244 e. The monoisotopic (exact) mass is 491 g/mol. The van der Waals surface area contributed by atoms with Crippen LogP contribution in [0.4, 0.5) is 10.1 Å². The topological polar surface area (TPSA) is 86.8 Å². The quantitative estimate of drug-likeness (QED) is 0.612. The summed E-state index contributed by atoms with van der Waals surface area (Å²) >= 11 is 0. The molecule has 0 unspecified atom stereocenters. The Morgan fingerprint density at radius 2 is 1.71 bits per heavy atom. The summed E-state index contributed by atoms with van der Waals surface area (Å²) in [5.41, 5.74) is 1.58. The number of benzene rings is 2. The number of nitrogens with zero attached hydrogens (tertiary/aromatic N) is 2. The highest BCUT2D eigenvalue weighted by Crippen LogP contribution is 2.25. The maximum absolute atomic E-state index is 14.4. The molecule has 0 spiro atoms. The van der Waals surface area contributed by atoms with Crippen molar-refractivity contribution in [3.05, 3.63) is 65.0 Å². The van der Waals surface area contributed by atoms with Crippen LogP contribution in [0.1, 0.15) is 44.4 Å². The second-order valence-corrected chi connectivity index (χ2v) is 11.5. The zero-order chi connectivity index (χ0) is 25.8. The fourth-order valence-electron chi connectivity index (χ4n) is 3.45. The van der Waals surface area contributed by atoms with Crippen molar-refractivity contribution in [1.29, 1.82) is 0 Å². The highest BCUT2D eigenvalue weighted by atomic mass is 32.2. The average Bonchev–Trinajstić information content (AvgIpc) is 2.70. The van der Waals surface area contributed by atoms with Gasteiger partial charge in [0.25, 0.3) is 0 Å². The van der Waals surface area contributed by atoms with E-state index < -0.39 is 45.8 Å². The molecule has 0 aliphatic rings. The molecule has 0 aliphatic heterocycles. The van der Waals surface area contributed by atoms with E-state index in [1.807, 2.05) is 33.8 Å². The highest BCUT2D eigenvalue weighted by molar-refractivity contribution is 7.92. The predicted molar refractivity (Wildman–Crippen MR) is 132 cm³/mol. The van der Waals surface area contributed by atoms with Gasteiger partial charge in [-0.2, -0.15) is 0 Å². The fraction of sp³-hybridized carbons (Fsp3) is 0.440. The zero-order valence-electron chi connectivity index (χ0n) is 20.8. The molecule has 0 heterocycles. The van der Waals surface area contributed by atoms with Crippen molar-refractivity contribution in [2.24, 2.45) is 0 Å². The summed E-state index contributed by atoms with van der Waals surface area (Å²) in [7, 11) is -3.83. The van der Waals surface area contributed by atoms with Crippen LogP contribution in [0.15, 0.2) is 42.5 Å². The first-order valence-electron chi connectivity index (χ1n) is 11.0. The number of nitrogens with one attached hydrogen (secondary N) is 1. The number of anilines is 1. The summed E-state index contributed by atoms with van der Waals surface area (Å²) in [5.74, 6) is -1.56. The number of carbonyl (C=O) groups excluding carboxylic acids is 2. The standard InChI is InChI=1S/C25H34FN3O4S/c1-17-12-13-18(2)22(14-17)29(34(7,32)33)16-23(30)28(15-20-10-8-9-11-21(20)26)19(3)24(31)27-25(4,5)6/h8-14,19H,15-16H2,1-7H3,(H,27,31)/t19-/m1/s1. The van der Waals surface area contributed by atoms with Gasteiger partial charge in [0.1, 0.15) is 18.4 Å². The molecule has 34 heavy (non-hydrogen) atoms. The minimum Gasteiger partial charge on any atom is -0.350 e. The van der Waals surface area contributed by atoms with Crippen molar-refractivity contribution >= 4 is 27.5 Å². The third-order valence-corrected chi connectivity index (χ3v) is 6.40. The van der Waals surface area contributed by atoms with E-state index in [0.29, 0.717) is 11.3 Å². The van der Waals surface area contributed by atoms with Gasteiger partial charge >= 0.3 is 0 Å². The van der Waals surface area contributed by atoms with Crippen LogP contribution in [0.25, 0.3) is 0 Å². The second-order valence-electron chi connectivity index (χ2n) is 9.59. The smallest absolute Gasteiger partial charge is 0.244 e. The maximum atomic E-state index is 14.4. The lowest BCUT2D eigenvalue weighted by Gasteiger charge is -2.33. The first-order valence-corrected chi connectivity index (χ1v) is 12.8. The molecule has 0 radical (unpaired) electrons. The first-order chi connectivity index (χ1) is 15.6. The van der Waals surface area contributed by atoms with Crippen LogP contribution in [-0.4, -0.2) is 49.5 Å². The SMILES string of the molecule is Cc1ccc(C)c(N(CC(=O)N(Cc2ccccc2F)[C@H](C)C(=O)NC(C)(C)C)S(C)(=O)=O)c1. The Balaban J connectivity index is 2.47. The molecular weight excluding hydrogens is 457 g/mol. The van der Waals surface area contributed by atoms with Crippen LogP contribution in [0.2, 0.25) is 0 Å². The fourth-order valence-corrected chi connectivity index (χ4v) is 4.35. The number of aryl methyl sites for hydroxylation is 2. The lowest BCUT2D eigenvalue weighted by molar-refractivity contribution is -0.140. The highest BCUT2D eigenvalue weighted by Gasteiger charge is 2.32. The first kappa shape index (κ1) is 27.3. The van der Waals surface area contributed by atoms with Crippen molar-refractivity contribution < 1.29 is 22.4 Å². The Labute approximate surface area is 202 Å². The van der Waals surface area contributed by atoms with Crippen molar-refractivity contribution in [3.63, 3.8) is 0 Å². The van der Waals surface area contributed by atoms with E-state index in [0.717, 1.165) is 16.1 Å². The number of carbonyl (C=O) groups is 2. The van der Waals surface area contributed by atoms with Crippen LogP contribution in [0.5, 0.6) is 0 Å². The molecule has 0 bridgehead atoms. The Morgan fingerprint density at radius 3 is 2.26 bits per heavy atom. The molecule has 0 saturated heterocycles. The van der Waals surface area contributed by atoms with Crippen LogP contribution in [-0.2, 0) is 26.2 Å². The number of sulfonamides is 1. The molecule has 0 aromatic heterocycles. The van der Waals surface area contributed by atoms with Gasteiger partial charge in [0, 0.05) is 17.6 Å². The van der Waals surface area contributed by atoms with Crippen LogP contribution < -0.4 is 9.62 Å². The molecular formula is C25H34FN3O4S. The van der Waals surface area contributed by atoms with Crippen LogP contribution in [0, 0.1) is 19.7 Å². The number of hydrogen-bond acceptors (Lipinski definition) is 4. The zero-order valence-corrected chi connectivity index (χ0v) is 21.7. The molecule has 2 aromatic carbocycles. The molecule has 186 valence electrons. The Hall–Kier alpha value is -2.94. The van der Waals surface area contributed by atoms with Crippen molar-refractivity contribution in [2.45, 2.75) is 59.7 Å². The molecule has 2 rings (SSSR count). The van der Waals surface area contributed by atoms with E-state index in [1.54, 1.807) is 32.0 Å². The molecule has 1 atom stereocenters. The second kappa shape index (κ2) is 10.5. The van der Waals surface area contributed by atoms with Gasteiger partial charge in [-0.3, -0.25) is 13.9 Å². The number of halogens is 1. The third kappa shape index (κ3) is 7.28. The number of amides is 2. The number of rotatable bonds is 8.